The van der Waals surface area contributed by atoms with Crippen LogP contribution in [0.15, 0.2) is 47.3 Å². The van der Waals surface area contributed by atoms with E-state index in [2.05, 4.69) is 31.8 Å². The topological polar surface area (TPSA) is 96.1 Å². The Morgan fingerprint density at radius 3 is 2.73 bits per heavy atom. The number of imidazole rings is 1. The number of aromatic amines is 2. The lowest BCUT2D eigenvalue weighted by Gasteiger charge is -2.32. The number of H-pyrrole nitrogens is 2. The van der Waals surface area contributed by atoms with Crippen LogP contribution in [0.2, 0.25) is 0 Å². The van der Waals surface area contributed by atoms with Crippen LogP contribution < -0.4 is 10.3 Å². The van der Waals surface area contributed by atoms with E-state index in [-0.39, 0.29) is 11.3 Å². The van der Waals surface area contributed by atoms with E-state index in [0.29, 0.717) is 29.5 Å². The SMILES string of the molecule is CC(COc1ccc2nc(-c3nc4ccccc4[nH]c3=O)[nH]c2c1)N1CCOCC1. The molecule has 2 aromatic carbocycles. The third-order valence-corrected chi connectivity index (χ3v) is 5.44. The molecule has 2 N–H and O–H groups in total. The van der Waals surface area contributed by atoms with Crippen molar-refractivity contribution in [2.75, 3.05) is 32.9 Å². The van der Waals surface area contributed by atoms with E-state index >= 15 is 0 Å². The summed E-state index contributed by atoms with van der Waals surface area (Å²) in [5.41, 5.74) is 2.97. The lowest BCUT2D eigenvalue weighted by atomic mass is 10.2. The molecule has 8 nitrogen and oxygen atoms in total. The summed E-state index contributed by atoms with van der Waals surface area (Å²) >= 11 is 0. The van der Waals surface area contributed by atoms with Crippen LogP contribution in [0.4, 0.5) is 0 Å². The summed E-state index contributed by atoms with van der Waals surface area (Å²) in [7, 11) is 0. The standard InChI is InChI=1S/C22H23N5O3/c1-14(27-8-10-29-11-9-27)13-30-15-6-7-18-19(12-15)25-21(24-18)20-22(28)26-17-5-3-2-4-16(17)23-20/h2-7,12,14H,8-11,13H2,1H3,(H,24,25)(H,26,28). The predicted molar refractivity (Wildman–Crippen MR) is 115 cm³/mol. The Hall–Kier alpha value is -3.23. The first-order valence-electron chi connectivity index (χ1n) is 10.1. The second-order valence-electron chi connectivity index (χ2n) is 7.50. The van der Waals surface area contributed by atoms with E-state index in [1.807, 2.05) is 42.5 Å². The number of fused-ring (bicyclic) bond motifs is 2. The summed E-state index contributed by atoms with van der Waals surface area (Å²) in [6.45, 7) is 6.17. The van der Waals surface area contributed by atoms with Crippen molar-refractivity contribution in [2.24, 2.45) is 0 Å². The van der Waals surface area contributed by atoms with Gasteiger partial charge < -0.3 is 19.4 Å². The van der Waals surface area contributed by atoms with Crippen molar-refractivity contribution in [2.45, 2.75) is 13.0 Å². The Morgan fingerprint density at radius 1 is 1.07 bits per heavy atom. The minimum absolute atomic E-state index is 0.272. The zero-order chi connectivity index (χ0) is 20.5. The maximum absolute atomic E-state index is 12.5. The van der Waals surface area contributed by atoms with Crippen LogP contribution in [-0.4, -0.2) is 63.8 Å². The van der Waals surface area contributed by atoms with Crippen molar-refractivity contribution in [3.05, 3.63) is 52.8 Å². The summed E-state index contributed by atoms with van der Waals surface area (Å²) in [5, 5.41) is 0. The average Bonchev–Trinajstić information content (AvgIpc) is 3.20. The van der Waals surface area contributed by atoms with Crippen molar-refractivity contribution in [3.8, 4) is 17.3 Å². The number of hydrogen-bond donors (Lipinski definition) is 2. The maximum atomic E-state index is 12.5. The minimum Gasteiger partial charge on any atom is -0.492 e. The van der Waals surface area contributed by atoms with Gasteiger partial charge in [0.15, 0.2) is 11.5 Å². The number of aromatic nitrogens is 4. The molecule has 0 bridgehead atoms. The molecule has 1 aliphatic heterocycles. The van der Waals surface area contributed by atoms with Gasteiger partial charge in [-0.2, -0.15) is 0 Å². The van der Waals surface area contributed by atoms with Crippen LogP contribution in [0, 0.1) is 0 Å². The molecule has 1 fully saturated rings. The van der Waals surface area contributed by atoms with Crippen molar-refractivity contribution in [1.82, 2.24) is 24.8 Å². The summed E-state index contributed by atoms with van der Waals surface area (Å²) in [6, 6.07) is 13.4. The van der Waals surface area contributed by atoms with Gasteiger partial charge in [0.1, 0.15) is 12.4 Å². The van der Waals surface area contributed by atoms with Crippen LogP contribution in [-0.2, 0) is 4.74 Å². The molecular formula is C22H23N5O3. The van der Waals surface area contributed by atoms with E-state index in [1.54, 1.807) is 0 Å². The van der Waals surface area contributed by atoms with Gasteiger partial charge in [-0.3, -0.25) is 9.69 Å². The molecule has 1 aliphatic rings. The highest BCUT2D eigenvalue weighted by Crippen LogP contribution is 2.23. The monoisotopic (exact) mass is 405 g/mol. The number of nitrogens with one attached hydrogen (secondary N) is 2. The summed E-state index contributed by atoms with van der Waals surface area (Å²) in [4.78, 5) is 30.0. The normalized spacial score (nSPS) is 16.2. The number of hydrogen-bond acceptors (Lipinski definition) is 6. The van der Waals surface area contributed by atoms with Gasteiger partial charge in [-0.15, -0.1) is 0 Å². The number of morpholine rings is 1. The lowest BCUT2D eigenvalue weighted by Crippen LogP contribution is -2.44. The molecule has 0 aliphatic carbocycles. The van der Waals surface area contributed by atoms with Gasteiger partial charge in [0, 0.05) is 25.2 Å². The molecule has 8 heteroatoms. The molecule has 5 rings (SSSR count). The first-order valence-corrected chi connectivity index (χ1v) is 10.1. The van der Waals surface area contributed by atoms with Crippen LogP contribution >= 0.6 is 0 Å². The maximum Gasteiger partial charge on any atom is 0.278 e. The van der Waals surface area contributed by atoms with Gasteiger partial charge in [0.2, 0.25) is 0 Å². The first kappa shape index (κ1) is 18.8. The fourth-order valence-electron chi connectivity index (χ4n) is 3.72. The molecule has 0 saturated carbocycles. The quantitative estimate of drug-likeness (QED) is 0.530. The molecule has 0 radical (unpaired) electrons. The first-order chi connectivity index (χ1) is 14.7. The number of rotatable bonds is 5. The van der Waals surface area contributed by atoms with E-state index < -0.39 is 0 Å². The molecule has 0 spiro atoms. The Labute approximate surface area is 172 Å². The molecule has 0 amide bonds. The summed E-state index contributed by atoms with van der Waals surface area (Å²) in [5.74, 6) is 1.20. The summed E-state index contributed by atoms with van der Waals surface area (Å²) in [6.07, 6.45) is 0. The molecule has 1 unspecified atom stereocenters. The van der Waals surface area contributed by atoms with Gasteiger partial charge in [-0.25, -0.2) is 9.97 Å². The van der Waals surface area contributed by atoms with E-state index in [0.717, 1.165) is 43.1 Å². The zero-order valence-electron chi connectivity index (χ0n) is 16.7. The minimum atomic E-state index is -0.274. The van der Waals surface area contributed by atoms with Crippen molar-refractivity contribution >= 4 is 22.1 Å². The predicted octanol–water partition coefficient (Wildman–Crippen LogP) is 2.57. The highest BCUT2D eigenvalue weighted by atomic mass is 16.5. The zero-order valence-corrected chi connectivity index (χ0v) is 16.7. The fourth-order valence-corrected chi connectivity index (χ4v) is 3.72. The third-order valence-electron chi connectivity index (χ3n) is 5.44. The lowest BCUT2D eigenvalue weighted by molar-refractivity contribution is 0.0105. The van der Waals surface area contributed by atoms with E-state index in [4.69, 9.17) is 9.47 Å². The van der Waals surface area contributed by atoms with Gasteiger partial charge in [0.25, 0.3) is 5.56 Å². The molecule has 1 saturated heterocycles. The highest BCUT2D eigenvalue weighted by Gasteiger charge is 2.18. The Morgan fingerprint density at radius 2 is 1.87 bits per heavy atom. The van der Waals surface area contributed by atoms with Crippen molar-refractivity contribution in [3.63, 3.8) is 0 Å². The number of para-hydroxylation sites is 2. The smallest absolute Gasteiger partial charge is 0.278 e. The Bertz CT molecular complexity index is 1240. The number of nitrogens with zero attached hydrogens (tertiary/aromatic N) is 3. The highest BCUT2D eigenvalue weighted by molar-refractivity contribution is 5.81. The number of benzene rings is 2. The van der Waals surface area contributed by atoms with Crippen LogP contribution in [0.25, 0.3) is 33.6 Å². The molecule has 30 heavy (non-hydrogen) atoms. The molecule has 4 aromatic rings. The molecule has 154 valence electrons. The van der Waals surface area contributed by atoms with E-state index in [9.17, 15) is 4.79 Å². The third kappa shape index (κ3) is 3.67. The second-order valence-corrected chi connectivity index (χ2v) is 7.50. The molecule has 1 atom stereocenters. The second kappa shape index (κ2) is 7.89. The molecule has 2 aromatic heterocycles. The van der Waals surface area contributed by atoms with Crippen LogP contribution in [0.5, 0.6) is 5.75 Å². The van der Waals surface area contributed by atoms with Crippen molar-refractivity contribution < 1.29 is 9.47 Å². The van der Waals surface area contributed by atoms with Gasteiger partial charge in [-0.05, 0) is 31.2 Å². The molecule has 3 heterocycles. The Balaban J connectivity index is 1.38. The average molecular weight is 405 g/mol. The van der Waals surface area contributed by atoms with Crippen molar-refractivity contribution in [1.29, 1.82) is 0 Å². The van der Waals surface area contributed by atoms with Gasteiger partial charge in [0.05, 0.1) is 35.3 Å². The van der Waals surface area contributed by atoms with Gasteiger partial charge in [-0.1, -0.05) is 12.1 Å². The van der Waals surface area contributed by atoms with Gasteiger partial charge >= 0.3 is 0 Å². The van der Waals surface area contributed by atoms with Crippen LogP contribution in [0.3, 0.4) is 0 Å². The largest absolute Gasteiger partial charge is 0.492 e. The van der Waals surface area contributed by atoms with E-state index in [1.165, 1.54) is 0 Å². The summed E-state index contributed by atoms with van der Waals surface area (Å²) < 4.78 is 11.4. The molecular weight excluding hydrogens is 382 g/mol. The Kier molecular flexibility index (Phi) is 4.94. The number of ether oxygens (including phenoxy) is 2. The van der Waals surface area contributed by atoms with Crippen LogP contribution in [0.1, 0.15) is 6.92 Å². The fraction of sp³-hybridized carbons (Fsp3) is 0.318.